The van der Waals surface area contributed by atoms with Crippen LogP contribution >= 0.6 is 35.0 Å². The maximum Gasteiger partial charge on any atom is 0.0549 e. The summed E-state index contributed by atoms with van der Waals surface area (Å²) >= 11 is 15.4. The zero-order chi connectivity index (χ0) is 22.4. The lowest BCUT2D eigenvalue weighted by Crippen LogP contribution is -2.04. The molecule has 0 unspecified atom stereocenters. The Kier molecular flexibility index (Phi) is 8.54. The fourth-order valence-electron chi connectivity index (χ4n) is 3.70. The van der Waals surface area contributed by atoms with E-state index in [4.69, 9.17) is 23.2 Å². The van der Waals surface area contributed by atoms with Crippen LogP contribution in [0.4, 0.5) is 5.69 Å². The Morgan fingerprint density at radius 3 is 2.42 bits per heavy atom. The third-order valence-electron chi connectivity index (χ3n) is 5.23. The number of thioether (sulfide) groups is 1. The monoisotopic (exact) mass is 469 g/mol. The van der Waals surface area contributed by atoms with Gasteiger partial charge in [-0.25, -0.2) is 0 Å². The fraction of sp³-hybridized carbons (Fsp3) is 0.259. The molecule has 0 saturated heterocycles. The summed E-state index contributed by atoms with van der Waals surface area (Å²) in [5.41, 5.74) is 7.28. The van der Waals surface area contributed by atoms with Crippen molar-refractivity contribution in [3.8, 4) is 11.1 Å². The number of allylic oxidation sites excluding steroid dienone is 1. The quantitative estimate of drug-likeness (QED) is 0.313. The van der Waals surface area contributed by atoms with Crippen LogP contribution in [0.5, 0.6) is 0 Å². The summed E-state index contributed by atoms with van der Waals surface area (Å²) in [4.78, 5) is 1.29. The first-order chi connectivity index (χ1) is 14.9. The van der Waals surface area contributed by atoms with Gasteiger partial charge in [-0.15, -0.1) is 11.8 Å². The highest BCUT2D eigenvalue weighted by molar-refractivity contribution is 7.99. The molecule has 3 aromatic carbocycles. The van der Waals surface area contributed by atoms with Crippen LogP contribution in [-0.4, -0.2) is 5.75 Å². The molecule has 3 rings (SSSR count). The normalized spacial score (nSPS) is 10.9. The molecule has 1 nitrogen and oxygen atoms in total. The lowest BCUT2D eigenvalue weighted by atomic mass is 9.95. The van der Waals surface area contributed by atoms with Crippen LogP contribution in [0.1, 0.15) is 37.0 Å². The summed E-state index contributed by atoms with van der Waals surface area (Å²) in [7, 11) is 0. The molecule has 1 N–H and O–H groups in total. The third-order valence-corrected chi connectivity index (χ3v) is 6.90. The van der Waals surface area contributed by atoms with Crippen molar-refractivity contribution in [1.82, 2.24) is 0 Å². The second kappa shape index (κ2) is 11.1. The molecule has 31 heavy (non-hydrogen) atoms. The lowest BCUT2D eigenvalue weighted by Gasteiger charge is -2.19. The zero-order valence-electron chi connectivity index (χ0n) is 18.4. The highest BCUT2D eigenvalue weighted by Crippen LogP contribution is 2.42. The molecular weight excluding hydrogens is 441 g/mol. The molecule has 0 radical (unpaired) electrons. The minimum Gasteiger partial charge on any atom is -0.359 e. The number of aryl methyl sites for hydroxylation is 1. The zero-order valence-corrected chi connectivity index (χ0v) is 20.7. The predicted octanol–water partition coefficient (Wildman–Crippen LogP) is 9.20. The molecule has 0 fully saturated rings. The van der Waals surface area contributed by atoms with Crippen molar-refractivity contribution in [2.75, 3.05) is 11.1 Å². The van der Waals surface area contributed by atoms with Gasteiger partial charge in [0.25, 0.3) is 0 Å². The van der Waals surface area contributed by atoms with Gasteiger partial charge < -0.3 is 5.32 Å². The second-order valence-electron chi connectivity index (χ2n) is 7.61. The molecule has 0 bridgehead atoms. The van der Waals surface area contributed by atoms with Crippen molar-refractivity contribution in [1.29, 1.82) is 0 Å². The highest BCUT2D eigenvalue weighted by atomic mass is 35.5. The Morgan fingerprint density at radius 1 is 1.03 bits per heavy atom. The minimum atomic E-state index is 0.649. The van der Waals surface area contributed by atoms with E-state index in [0.717, 1.165) is 53.1 Å². The van der Waals surface area contributed by atoms with Gasteiger partial charge in [0.05, 0.1) is 10.0 Å². The molecule has 0 aliphatic carbocycles. The molecule has 3 aromatic rings. The van der Waals surface area contributed by atoms with Crippen LogP contribution in [0, 0.1) is 6.92 Å². The van der Waals surface area contributed by atoms with E-state index in [1.54, 1.807) is 0 Å². The van der Waals surface area contributed by atoms with Crippen molar-refractivity contribution >= 4 is 40.7 Å². The SMILES string of the molecule is C=C(Cc1ccc(SCC)cc1)Nc1cc(Cl)c(-c2ccccc2CCC)c(Cl)c1C. The van der Waals surface area contributed by atoms with Crippen molar-refractivity contribution in [2.24, 2.45) is 0 Å². The number of anilines is 1. The molecule has 0 amide bonds. The summed E-state index contributed by atoms with van der Waals surface area (Å²) in [5, 5.41) is 4.77. The van der Waals surface area contributed by atoms with Crippen LogP contribution < -0.4 is 5.32 Å². The molecule has 0 heterocycles. The predicted molar refractivity (Wildman–Crippen MR) is 140 cm³/mol. The van der Waals surface area contributed by atoms with Gasteiger partial charge in [0, 0.05) is 28.3 Å². The van der Waals surface area contributed by atoms with Crippen molar-refractivity contribution < 1.29 is 0 Å². The van der Waals surface area contributed by atoms with E-state index >= 15 is 0 Å². The summed E-state index contributed by atoms with van der Waals surface area (Å²) in [6.45, 7) is 10.6. The number of nitrogens with one attached hydrogen (secondary N) is 1. The summed E-state index contributed by atoms with van der Waals surface area (Å²) in [6, 6.07) is 19.0. The van der Waals surface area contributed by atoms with Gasteiger partial charge in [-0.2, -0.15) is 0 Å². The molecule has 4 heteroatoms. The second-order valence-corrected chi connectivity index (χ2v) is 9.73. The van der Waals surface area contributed by atoms with Crippen LogP contribution in [0.3, 0.4) is 0 Å². The first kappa shape index (κ1) is 23.8. The Hall–Kier alpha value is -1.87. The Balaban J connectivity index is 1.83. The van der Waals surface area contributed by atoms with Crippen molar-refractivity contribution in [3.63, 3.8) is 0 Å². The number of hydrogen-bond acceptors (Lipinski definition) is 2. The van der Waals surface area contributed by atoms with E-state index < -0.39 is 0 Å². The number of benzene rings is 3. The van der Waals surface area contributed by atoms with Gasteiger partial charge >= 0.3 is 0 Å². The topological polar surface area (TPSA) is 12.0 Å². The lowest BCUT2D eigenvalue weighted by molar-refractivity contribution is 0.923. The molecule has 0 spiro atoms. The first-order valence-corrected chi connectivity index (χ1v) is 12.4. The van der Waals surface area contributed by atoms with E-state index in [9.17, 15) is 0 Å². The third kappa shape index (κ3) is 5.88. The molecule has 162 valence electrons. The maximum atomic E-state index is 6.84. The number of halogens is 2. The van der Waals surface area contributed by atoms with E-state index in [1.807, 2.05) is 30.8 Å². The average Bonchev–Trinajstić information content (AvgIpc) is 2.75. The van der Waals surface area contributed by atoms with Gasteiger partial charge in [0.1, 0.15) is 0 Å². The van der Waals surface area contributed by atoms with E-state index in [1.165, 1.54) is 16.0 Å². The molecule has 0 aliphatic rings. The van der Waals surface area contributed by atoms with Crippen LogP contribution in [0.15, 0.2) is 71.8 Å². The van der Waals surface area contributed by atoms with Gasteiger partial charge in [-0.1, -0.05) is 86.4 Å². The van der Waals surface area contributed by atoms with E-state index in [0.29, 0.717) is 10.0 Å². The van der Waals surface area contributed by atoms with E-state index in [-0.39, 0.29) is 0 Å². The average molecular weight is 471 g/mol. The molecular formula is C27H29Cl2NS. The molecule has 0 aliphatic heterocycles. The van der Waals surface area contributed by atoms with Gasteiger partial charge in [0.2, 0.25) is 0 Å². The highest BCUT2D eigenvalue weighted by Gasteiger charge is 2.17. The van der Waals surface area contributed by atoms with Crippen LogP contribution in [-0.2, 0) is 12.8 Å². The number of hydrogen-bond donors (Lipinski definition) is 1. The Labute approximate surface area is 200 Å². The standard InChI is InChI=1S/C27H29Cl2NS/c1-5-9-21-10-7-8-11-23(21)26-24(28)17-25(19(4)27(26)29)30-18(3)16-20-12-14-22(15-13-20)31-6-2/h7-8,10-15,17,30H,3,5-6,9,16H2,1-2,4H3. The van der Waals surface area contributed by atoms with Gasteiger partial charge in [-0.05, 0) is 59.6 Å². The molecule has 0 saturated carbocycles. The van der Waals surface area contributed by atoms with Crippen LogP contribution in [0.2, 0.25) is 10.0 Å². The largest absolute Gasteiger partial charge is 0.359 e. The molecule has 0 atom stereocenters. The summed E-state index contributed by atoms with van der Waals surface area (Å²) in [5.74, 6) is 1.08. The van der Waals surface area contributed by atoms with Crippen LogP contribution in [0.25, 0.3) is 11.1 Å². The number of rotatable bonds is 9. The smallest absolute Gasteiger partial charge is 0.0549 e. The van der Waals surface area contributed by atoms with E-state index in [2.05, 4.69) is 68.2 Å². The van der Waals surface area contributed by atoms with Gasteiger partial charge in [0.15, 0.2) is 0 Å². The van der Waals surface area contributed by atoms with Gasteiger partial charge in [-0.3, -0.25) is 0 Å². The van der Waals surface area contributed by atoms with Crippen molar-refractivity contribution in [3.05, 3.63) is 93.6 Å². The summed E-state index contributed by atoms with van der Waals surface area (Å²) < 4.78 is 0. The Bertz CT molecular complexity index is 1060. The maximum absolute atomic E-state index is 6.84. The van der Waals surface area contributed by atoms with Crippen molar-refractivity contribution in [2.45, 2.75) is 44.9 Å². The molecule has 0 aromatic heterocycles. The fourth-order valence-corrected chi connectivity index (χ4v) is 5.02. The minimum absolute atomic E-state index is 0.649. The Morgan fingerprint density at radius 2 is 1.74 bits per heavy atom. The summed E-state index contributed by atoms with van der Waals surface area (Å²) in [6.07, 6.45) is 2.81. The first-order valence-electron chi connectivity index (χ1n) is 10.7.